The minimum Gasteiger partial charge on any atom is -0.364 e. The zero-order chi connectivity index (χ0) is 12.0. The summed E-state index contributed by atoms with van der Waals surface area (Å²) in [6.45, 7) is 0.422. The van der Waals surface area contributed by atoms with Crippen LogP contribution in [0.1, 0.15) is 38.1 Å². The Morgan fingerprint density at radius 3 is 2.47 bits per heavy atom. The van der Waals surface area contributed by atoms with E-state index in [1.54, 1.807) is 12.1 Å². The van der Waals surface area contributed by atoms with Crippen molar-refractivity contribution in [3.63, 3.8) is 0 Å². The van der Waals surface area contributed by atoms with Crippen molar-refractivity contribution in [1.29, 1.82) is 0 Å². The van der Waals surface area contributed by atoms with Gasteiger partial charge in [0.15, 0.2) is 17.9 Å². The largest absolute Gasteiger partial charge is 0.364 e. The molecule has 1 atom stereocenters. The van der Waals surface area contributed by atoms with E-state index in [2.05, 4.69) is 0 Å². The van der Waals surface area contributed by atoms with Crippen LogP contribution >= 0.6 is 0 Å². The van der Waals surface area contributed by atoms with Crippen LogP contribution < -0.4 is 0 Å². The molecular formula is C13H10O4. The van der Waals surface area contributed by atoms with Gasteiger partial charge in [0.05, 0.1) is 6.61 Å². The van der Waals surface area contributed by atoms with E-state index in [0.717, 1.165) is 5.56 Å². The second kappa shape index (κ2) is 3.61. The predicted octanol–water partition coefficient (Wildman–Crippen LogP) is 1.19. The normalized spacial score (nSPS) is 22.3. The van der Waals surface area contributed by atoms with E-state index >= 15 is 0 Å². The third-order valence-electron chi connectivity index (χ3n) is 3.11. The number of aliphatic hydroxyl groups is 1. The number of ketones is 2. The number of rotatable bonds is 0. The molecule has 17 heavy (non-hydrogen) atoms. The van der Waals surface area contributed by atoms with E-state index in [1.807, 2.05) is 0 Å². The first-order valence-electron chi connectivity index (χ1n) is 5.40. The number of allylic oxidation sites excluding steroid dienone is 2. The summed E-state index contributed by atoms with van der Waals surface area (Å²) >= 11 is 0. The van der Waals surface area contributed by atoms with E-state index in [1.165, 1.54) is 12.2 Å². The number of aliphatic hydroxyl groups excluding tert-OH is 1. The Morgan fingerprint density at radius 2 is 1.76 bits per heavy atom. The summed E-state index contributed by atoms with van der Waals surface area (Å²) in [5.41, 5.74) is 2.23. The molecule has 0 amide bonds. The molecule has 1 aliphatic heterocycles. The lowest BCUT2D eigenvalue weighted by molar-refractivity contribution is -0.110. The lowest BCUT2D eigenvalue weighted by atomic mass is 9.88. The van der Waals surface area contributed by atoms with Gasteiger partial charge < -0.3 is 9.84 Å². The topological polar surface area (TPSA) is 63.6 Å². The first-order chi connectivity index (χ1) is 8.16. The number of ether oxygens (including phenoxy) is 1. The van der Waals surface area contributed by atoms with E-state index < -0.39 is 6.29 Å². The van der Waals surface area contributed by atoms with Crippen LogP contribution in [-0.4, -0.2) is 23.3 Å². The highest BCUT2D eigenvalue weighted by Gasteiger charge is 2.25. The monoisotopic (exact) mass is 230 g/mol. The molecule has 0 radical (unpaired) electrons. The average Bonchev–Trinajstić information content (AvgIpc) is 2.33. The highest BCUT2D eigenvalue weighted by atomic mass is 16.6. The summed E-state index contributed by atoms with van der Waals surface area (Å²) in [6.07, 6.45) is 2.18. The molecule has 0 bridgehead atoms. The van der Waals surface area contributed by atoms with E-state index in [9.17, 15) is 14.7 Å². The van der Waals surface area contributed by atoms with Crippen molar-refractivity contribution in [3.8, 4) is 0 Å². The fraction of sp³-hybridized carbons (Fsp3) is 0.231. The molecule has 4 heteroatoms. The Hall–Kier alpha value is -1.78. The molecule has 1 unspecified atom stereocenters. The molecule has 1 aromatic rings. The van der Waals surface area contributed by atoms with Crippen molar-refractivity contribution in [3.05, 3.63) is 46.5 Å². The molecule has 0 fully saturated rings. The number of fused-ring (bicyclic) bond motifs is 2. The Morgan fingerprint density at radius 1 is 1.12 bits per heavy atom. The van der Waals surface area contributed by atoms with Crippen molar-refractivity contribution in [2.75, 3.05) is 6.61 Å². The second-order valence-corrected chi connectivity index (χ2v) is 4.13. The van der Waals surface area contributed by atoms with Crippen LogP contribution in [0.4, 0.5) is 0 Å². The molecule has 1 aliphatic carbocycles. The maximum atomic E-state index is 11.7. The molecule has 2 aliphatic rings. The van der Waals surface area contributed by atoms with Crippen LogP contribution in [0.3, 0.4) is 0 Å². The second-order valence-electron chi connectivity index (χ2n) is 4.13. The van der Waals surface area contributed by atoms with Gasteiger partial charge in [0.1, 0.15) is 0 Å². The van der Waals surface area contributed by atoms with Gasteiger partial charge in [-0.1, -0.05) is 0 Å². The molecule has 0 saturated carbocycles. The minimum absolute atomic E-state index is 0.164. The molecule has 86 valence electrons. The number of hydrogen-bond acceptors (Lipinski definition) is 4. The first-order valence-corrected chi connectivity index (χ1v) is 5.40. The third-order valence-corrected chi connectivity index (χ3v) is 3.11. The smallest absolute Gasteiger partial charge is 0.186 e. The van der Waals surface area contributed by atoms with Crippen LogP contribution in [0.5, 0.6) is 0 Å². The van der Waals surface area contributed by atoms with Crippen molar-refractivity contribution in [2.24, 2.45) is 0 Å². The van der Waals surface area contributed by atoms with Gasteiger partial charge in [0.2, 0.25) is 0 Å². The summed E-state index contributed by atoms with van der Waals surface area (Å²) in [5.74, 6) is -0.372. The van der Waals surface area contributed by atoms with Crippen molar-refractivity contribution < 1.29 is 19.4 Å². The molecule has 1 aromatic carbocycles. The minimum atomic E-state index is -1.00. The van der Waals surface area contributed by atoms with Crippen molar-refractivity contribution in [1.82, 2.24) is 0 Å². The fourth-order valence-electron chi connectivity index (χ4n) is 2.22. The Labute approximate surface area is 97.5 Å². The summed E-state index contributed by atoms with van der Waals surface area (Å²) in [6, 6.07) is 3.26. The van der Waals surface area contributed by atoms with Gasteiger partial charge in [0.25, 0.3) is 0 Å². The van der Waals surface area contributed by atoms with E-state index in [-0.39, 0.29) is 11.6 Å². The summed E-state index contributed by atoms with van der Waals surface area (Å²) in [4.78, 5) is 23.3. The molecule has 1 N–H and O–H groups in total. The Bertz CT molecular complexity index is 557. The number of carbonyl (C=O) groups is 2. The SMILES string of the molecule is O=C1C=CC(=O)c2cc3c(cc21)CCOC3O. The number of benzene rings is 1. The predicted molar refractivity (Wildman–Crippen MR) is 58.9 cm³/mol. The van der Waals surface area contributed by atoms with E-state index in [0.29, 0.717) is 29.7 Å². The van der Waals surface area contributed by atoms with Crippen LogP contribution in [0.2, 0.25) is 0 Å². The van der Waals surface area contributed by atoms with Crippen LogP contribution in [0.15, 0.2) is 24.3 Å². The maximum Gasteiger partial charge on any atom is 0.186 e. The highest BCUT2D eigenvalue weighted by molar-refractivity contribution is 6.22. The van der Waals surface area contributed by atoms with Gasteiger partial charge in [0, 0.05) is 16.7 Å². The van der Waals surface area contributed by atoms with Gasteiger partial charge in [-0.3, -0.25) is 9.59 Å². The van der Waals surface area contributed by atoms with Gasteiger partial charge in [-0.05, 0) is 36.3 Å². The van der Waals surface area contributed by atoms with Crippen LogP contribution in [0, 0.1) is 0 Å². The van der Waals surface area contributed by atoms with Crippen molar-refractivity contribution >= 4 is 11.6 Å². The highest BCUT2D eigenvalue weighted by Crippen LogP contribution is 2.30. The van der Waals surface area contributed by atoms with Crippen molar-refractivity contribution in [2.45, 2.75) is 12.7 Å². The lowest BCUT2D eigenvalue weighted by Crippen LogP contribution is -2.20. The number of hydrogen-bond donors (Lipinski definition) is 1. The summed E-state index contributed by atoms with van der Waals surface area (Å²) in [7, 11) is 0. The average molecular weight is 230 g/mol. The molecular weight excluding hydrogens is 220 g/mol. The van der Waals surface area contributed by atoms with Crippen LogP contribution in [0.25, 0.3) is 0 Å². The molecule has 4 nitrogen and oxygen atoms in total. The van der Waals surface area contributed by atoms with Gasteiger partial charge in [-0.15, -0.1) is 0 Å². The summed E-state index contributed by atoms with van der Waals surface area (Å²) < 4.78 is 5.10. The zero-order valence-corrected chi connectivity index (χ0v) is 8.97. The maximum absolute atomic E-state index is 11.7. The summed E-state index contributed by atoms with van der Waals surface area (Å²) in [5, 5.41) is 9.68. The standard InChI is InChI=1S/C13H10O4/c14-11-1-2-12(15)10-6-8-7(5-9(10)11)3-4-17-13(8)16/h1-2,5-6,13,16H,3-4H2. The van der Waals surface area contributed by atoms with Gasteiger partial charge >= 0.3 is 0 Å². The molecule has 0 spiro atoms. The van der Waals surface area contributed by atoms with Gasteiger partial charge in [-0.2, -0.15) is 0 Å². The Kier molecular flexibility index (Phi) is 2.21. The molecule has 0 saturated heterocycles. The Balaban J connectivity index is 2.22. The first kappa shape index (κ1) is 10.4. The van der Waals surface area contributed by atoms with E-state index in [4.69, 9.17) is 4.74 Å². The molecule has 0 aromatic heterocycles. The lowest BCUT2D eigenvalue weighted by Gasteiger charge is -2.24. The molecule has 3 rings (SSSR count). The van der Waals surface area contributed by atoms with Crippen LogP contribution in [-0.2, 0) is 11.2 Å². The zero-order valence-electron chi connectivity index (χ0n) is 8.97. The number of carbonyl (C=O) groups excluding carboxylic acids is 2. The fourth-order valence-corrected chi connectivity index (χ4v) is 2.22. The molecule has 1 heterocycles. The van der Waals surface area contributed by atoms with Gasteiger partial charge in [-0.25, -0.2) is 0 Å². The third kappa shape index (κ3) is 1.53. The quantitative estimate of drug-likeness (QED) is 0.727.